The van der Waals surface area contributed by atoms with Gasteiger partial charge in [0.25, 0.3) is 0 Å². The molecule has 7 nitrogen and oxygen atoms in total. The van der Waals surface area contributed by atoms with Crippen LogP contribution >= 0.6 is 0 Å². The summed E-state index contributed by atoms with van der Waals surface area (Å²) in [4.78, 5) is 22.0. The topological polar surface area (TPSA) is 101 Å². The molecule has 0 unspecified atom stereocenters. The molecular weight excluding hydrogens is 227 g/mol. The predicted molar refractivity (Wildman–Crippen MR) is 57.9 cm³/mol. The average molecular weight is 244 g/mol. The molecule has 8 heteroatoms. The van der Waals surface area contributed by atoms with Gasteiger partial charge in [-0.15, -0.1) is 0 Å². The minimum atomic E-state index is -1.09. The summed E-state index contributed by atoms with van der Waals surface area (Å²) in [6, 6.07) is 0. The van der Waals surface area contributed by atoms with E-state index in [1.807, 2.05) is 0 Å². The molecule has 0 aliphatic heterocycles. The van der Waals surface area contributed by atoms with Crippen LogP contribution in [-0.2, 0) is 9.59 Å². The van der Waals surface area contributed by atoms with E-state index < -0.39 is 11.9 Å². The van der Waals surface area contributed by atoms with Crippen molar-refractivity contribution in [3.63, 3.8) is 0 Å². The summed E-state index contributed by atoms with van der Waals surface area (Å²) in [5, 5.41) is 27.1. The standard InChI is InChI=1S/C8H16N2O5.Na.H/c1-2-10(15)4-3-9(5-7(11)12)6-8(13)14;;/h15H,2-6H2,1H3,(H,11,12)(H,13,14);;. The van der Waals surface area contributed by atoms with Gasteiger partial charge in [-0.05, 0) is 0 Å². The van der Waals surface area contributed by atoms with Crippen LogP contribution in [0, 0.1) is 0 Å². The Morgan fingerprint density at radius 1 is 1.06 bits per heavy atom. The molecule has 0 bridgehead atoms. The van der Waals surface area contributed by atoms with E-state index >= 15 is 0 Å². The fraction of sp³-hybridized carbons (Fsp3) is 0.750. The average Bonchev–Trinajstić information content (AvgIpc) is 2.11. The number of hydrogen-bond acceptors (Lipinski definition) is 5. The van der Waals surface area contributed by atoms with Crippen molar-refractivity contribution in [1.82, 2.24) is 9.96 Å². The van der Waals surface area contributed by atoms with Gasteiger partial charge >= 0.3 is 41.5 Å². The summed E-state index contributed by atoms with van der Waals surface area (Å²) >= 11 is 0. The number of carbonyl (C=O) groups is 2. The molecule has 0 aliphatic rings. The first-order valence-corrected chi connectivity index (χ1v) is 4.55. The van der Waals surface area contributed by atoms with Crippen LogP contribution in [0.3, 0.4) is 0 Å². The van der Waals surface area contributed by atoms with Crippen LogP contribution in [0.5, 0.6) is 0 Å². The molecular formula is C8H17N2NaO5. The van der Waals surface area contributed by atoms with Crippen LogP contribution < -0.4 is 0 Å². The van der Waals surface area contributed by atoms with E-state index in [2.05, 4.69) is 0 Å². The van der Waals surface area contributed by atoms with E-state index in [9.17, 15) is 9.59 Å². The quantitative estimate of drug-likeness (QED) is 0.353. The van der Waals surface area contributed by atoms with E-state index in [0.717, 1.165) is 5.06 Å². The summed E-state index contributed by atoms with van der Waals surface area (Å²) in [5.41, 5.74) is 0. The maximum absolute atomic E-state index is 10.4. The molecule has 0 heterocycles. The van der Waals surface area contributed by atoms with Gasteiger partial charge in [-0.25, -0.2) is 0 Å². The second-order valence-electron chi connectivity index (χ2n) is 3.04. The first-order chi connectivity index (χ1) is 6.95. The number of nitrogens with zero attached hydrogens (tertiary/aromatic N) is 2. The molecule has 0 atom stereocenters. The summed E-state index contributed by atoms with van der Waals surface area (Å²) in [6.07, 6.45) is 0. The van der Waals surface area contributed by atoms with E-state index in [-0.39, 0.29) is 55.7 Å². The van der Waals surface area contributed by atoms with E-state index in [4.69, 9.17) is 15.4 Å². The summed E-state index contributed by atoms with van der Waals surface area (Å²) in [5.74, 6) is -2.17. The Morgan fingerprint density at radius 3 is 1.81 bits per heavy atom. The molecule has 0 aromatic carbocycles. The number of rotatable bonds is 8. The van der Waals surface area contributed by atoms with Crippen molar-refractivity contribution < 1.29 is 25.0 Å². The van der Waals surface area contributed by atoms with Crippen LogP contribution in [0.25, 0.3) is 0 Å². The van der Waals surface area contributed by atoms with Crippen molar-refractivity contribution in [1.29, 1.82) is 0 Å². The zero-order valence-corrected chi connectivity index (χ0v) is 8.59. The van der Waals surface area contributed by atoms with Crippen LogP contribution in [0.4, 0.5) is 0 Å². The van der Waals surface area contributed by atoms with Gasteiger partial charge in [-0.1, -0.05) is 6.92 Å². The Kier molecular flexibility index (Phi) is 11.4. The molecule has 0 aromatic heterocycles. The Bertz CT molecular complexity index is 210. The van der Waals surface area contributed by atoms with Gasteiger partial charge in [0.2, 0.25) is 0 Å². The number of carboxylic acids is 2. The van der Waals surface area contributed by atoms with Gasteiger partial charge in [0.1, 0.15) is 0 Å². The SMILES string of the molecule is CCN(O)CCN(CC(=O)O)CC(=O)O.[NaH]. The third-order valence-electron chi connectivity index (χ3n) is 1.76. The summed E-state index contributed by atoms with van der Waals surface area (Å²) < 4.78 is 0. The molecule has 0 saturated carbocycles. The summed E-state index contributed by atoms with van der Waals surface area (Å²) in [6.45, 7) is 1.88. The first-order valence-electron chi connectivity index (χ1n) is 4.55. The van der Waals surface area contributed by atoms with Crippen molar-refractivity contribution >= 4 is 41.5 Å². The second-order valence-corrected chi connectivity index (χ2v) is 3.04. The van der Waals surface area contributed by atoms with Gasteiger partial charge in [0.15, 0.2) is 0 Å². The number of aliphatic carboxylic acids is 2. The molecule has 3 N–H and O–H groups in total. The van der Waals surface area contributed by atoms with Crippen molar-refractivity contribution in [2.45, 2.75) is 6.92 Å². The molecule has 0 radical (unpaired) electrons. The Hall–Kier alpha value is -0.180. The first kappa shape index (κ1) is 18.2. The minimum absolute atomic E-state index is 0. The molecule has 90 valence electrons. The number of carboxylic acid groups (broad SMARTS) is 2. The van der Waals surface area contributed by atoms with Gasteiger partial charge in [0, 0.05) is 19.6 Å². The molecule has 0 spiro atoms. The van der Waals surface area contributed by atoms with Crippen molar-refractivity contribution in [2.75, 3.05) is 32.7 Å². The van der Waals surface area contributed by atoms with Gasteiger partial charge in [-0.3, -0.25) is 14.5 Å². The number of hydroxylamine groups is 2. The Balaban J connectivity index is 0. The molecule has 0 rings (SSSR count). The number of likely N-dealkylation sites (N-methyl/N-ethyl adjacent to an activating group) is 1. The van der Waals surface area contributed by atoms with Crippen molar-refractivity contribution in [3.8, 4) is 0 Å². The van der Waals surface area contributed by atoms with Gasteiger partial charge < -0.3 is 15.4 Å². The molecule has 0 aliphatic carbocycles. The zero-order valence-electron chi connectivity index (χ0n) is 8.59. The normalized spacial score (nSPS) is 10.2. The number of hydrogen-bond donors (Lipinski definition) is 3. The van der Waals surface area contributed by atoms with Crippen LogP contribution in [-0.4, -0.2) is 99.6 Å². The van der Waals surface area contributed by atoms with Crippen molar-refractivity contribution in [2.24, 2.45) is 0 Å². The molecule has 0 fully saturated rings. The van der Waals surface area contributed by atoms with E-state index in [1.165, 1.54) is 4.90 Å². The maximum atomic E-state index is 10.4. The third kappa shape index (κ3) is 10.3. The van der Waals surface area contributed by atoms with Gasteiger partial charge in [0.05, 0.1) is 13.1 Å². The predicted octanol–water partition coefficient (Wildman–Crippen LogP) is -1.48. The Morgan fingerprint density at radius 2 is 1.50 bits per heavy atom. The van der Waals surface area contributed by atoms with Crippen molar-refractivity contribution in [3.05, 3.63) is 0 Å². The van der Waals surface area contributed by atoms with E-state index in [0.29, 0.717) is 6.54 Å². The van der Waals surface area contributed by atoms with Crippen LogP contribution in [0.15, 0.2) is 0 Å². The fourth-order valence-electron chi connectivity index (χ4n) is 1.01. The van der Waals surface area contributed by atoms with Crippen LogP contribution in [0.2, 0.25) is 0 Å². The summed E-state index contributed by atoms with van der Waals surface area (Å²) in [7, 11) is 0. The monoisotopic (exact) mass is 244 g/mol. The Labute approximate surface area is 116 Å². The molecule has 0 amide bonds. The zero-order chi connectivity index (χ0) is 11.8. The molecule has 0 saturated heterocycles. The fourth-order valence-corrected chi connectivity index (χ4v) is 1.01. The van der Waals surface area contributed by atoms with Gasteiger partial charge in [-0.2, -0.15) is 5.06 Å². The van der Waals surface area contributed by atoms with E-state index in [1.54, 1.807) is 6.92 Å². The molecule has 16 heavy (non-hydrogen) atoms. The molecule has 0 aromatic rings. The second kappa shape index (κ2) is 10.0. The van der Waals surface area contributed by atoms with Crippen LogP contribution in [0.1, 0.15) is 6.92 Å². The third-order valence-corrected chi connectivity index (χ3v) is 1.76.